The quantitative estimate of drug-likeness (QED) is 0.113. The predicted molar refractivity (Wildman–Crippen MR) is 256 cm³/mol. The minimum absolute atomic E-state index is 0.0153. The van der Waals surface area contributed by atoms with E-state index in [1.807, 2.05) is 54.0 Å². The number of para-hydroxylation sites is 1. The summed E-state index contributed by atoms with van der Waals surface area (Å²) in [7, 11) is 0. The average molecular weight is 967 g/mol. The van der Waals surface area contributed by atoms with Crippen LogP contribution >= 0.6 is 22.7 Å². The molecule has 8 rings (SSSR count). The van der Waals surface area contributed by atoms with Crippen molar-refractivity contribution in [1.29, 1.82) is 0 Å². The van der Waals surface area contributed by atoms with Crippen LogP contribution in [-0.4, -0.2) is 116 Å². The van der Waals surface area contributed by atoms with Crippen molar-refractivity contribution in [2.24, 2.45) is 17.4 Å². The van der Waals surface area contributed by atoms with Crippen molar-refractivity contribution in [3.63, 3.8) is 0 Å². The lowest BCUT2D eigenvalue weighted by molar-refractivity contribution is -0.144. The van der Waals surface area contributed by atoms with Gasteiger partial charge < -0.3 is 47.9 Å². The zero-order valence-corrected chi connectivity index (χ0v) is 39.2. The van der Waals surface area contributed by atoms with Gasteiger partial charge >= 0.3 is 0 Å². The summed E-state index contributed by atoms with van der Waals surface area (Å²) in [5.41, 5.74) is 14.0. The first kappa shape index (κ1) is 48.0. The molecule has 4 aromatic heterocycles. The molecule has 0 radical (unpaired) electrons. The van der Waals surface area contributed by atoms with Crippen LogP contribution in [0, 0.1) is 5.92 Å². The second kappa shape index (κ2) is 22.1. The summed E-state index contributed by atoms with van der Waals surface area (Å²) in [5.74, 6) is -4.93. The van der Waals surface area contributed by atoms with Gasteiger partial charge in [0.25, 0.3) is 0 Å². The fraction of sp³-hybridized carbons (Fsp3) is 0.468. The van der Waals surface area contributed by atoms with Crippen molar-refractivity contribution >= 4 is 74.9 Å². The van der Waals surface area contributed by atoms with E-state index >= 15 is 4.79 Å². The van der Waals surface area contributed by atoms with Crippen LogP contribution in [0.15, 0.2) is 66.3 Å². The van der Waals surface area contributed by atoms with Crippen LogP contribution in [0.3, 0.4) is 0 Å². The molecule has 2 saturated heterocycles. The molecule has 0 unspecified atom stereocenters. The summed E-state index contributed by atoms with van der Waals surface area (Å²) < 4.78 is 1.66. The van der Waals surface area contributed by atoms with E-state index < -0.39 is 84.0 Å². The van der Waals surface area contributed by atoms with Gasteiger partial charge in [-0.2, -0.15) is 0 Å². The Hall–Kier alpha value is -6.45. The van der Waals surface area contributed by atoms with Gasteiger partial charge in [-0.15, -0.1) is 27.8 Å². The van der Waals surface area contributed by atoms with Gasteiger partial charge in [-0.3, -0.25) is 33.6 Å². The Morgan fingerprint density at radius 2 is 1.53 bits per heavy atom. The maximum atomic E-state index is 15.3. The summed E-state index contributed by atoms with van der Waals surface area (Å²) in [4.78, 5) is 105. The number of H-pyrrole nitrogens is 1. The molecule has 360 valence electrons. The number of benzene rings is 1. The van der Waals surface area contributed by atoms with Crippen molar-refractivity contribution in [3.05, 3.63) is 71.9 Å². The van der Waals surface area contributed by atoms with Crippen molar-refractivity contribution < 1.29 is 33.6 Å². The number of amides is 7. The van der Waals surface area contributed by atoms with Gasteiger partial charge in [-0.1, -0.05) is 48.7 Å². The van der Waals surface area contributed by atoms with Crippen LogP contribution in [0.2, 0.25) is 0 Å². The molecule has 6 atom stereocenters. The first-order valence-corrected chi connectivity index (χ1v) is 25.0. The number of carbonyl (C=O) groups is 7. The van der Waals surface area contributed by atoms with Gasteiger partial charge in [-0.05, 0) is 73.2 Å². The number of aromatic nitrogens is 4. The first-order valence-electron chi connectivity index (χ1n) is 23.3. The highest BCUT2D eigenvalue weighted by molar-refractivity contribution is 7.23. The Kier molecular flexibility index (Phi) is 15.6. The Balaban J connectivity index is 1.13. The van der Waals surface area contributed by atoms with E-state index in [9.17, 15) is 28.8 Å². The maximum Gasteiger partial charge on any atom is 0.246 e. The zero-order valence-electron chi connectivity index (χ0n) is 37.6. The molecule has 3 fully saturated rings. The summed E-state index contributed by atoms with van der Waals surface area (Å²) in [6, 6.07) is 9.01. The number of primary amides is 1. The van der Waals surface area contributed by atoms with Gasteiger partial charge in [0.2, 0.25) is 41.4 Å². The molecule has 0 spiro atoms. The van der Waals surface area contributed by atoms with Gasteiger partial charge in [0, 0.05) is 59.3 Å². The van der Waals surface area contributed by atoms with Crippen molar-refractivity contribution in [2.45, 2.75) is 113 Å². The third-order valence-corrected chi connectivity index (χ3v) is 15.2. The summed E-state index contributed by atoms with van der Waals surface area (Å²) >= 11 is 3.22. The number of hydrogen-bond donors (Lipinski definition) is 8. The number of hydrogen-bond acceptors (Lipinski definition) is 12. The molecule has 5 aromatic rings. The van der Waals surface area contributed by atoms with E-state index in [2.05, 4.69) is 47.9 Å². The SMILES string of the molecule is NC(=O)C[C@@H]1NC(=O)[C@@H](N)CC(=O)NCCCCCNC(=O)[C@H](Cc2c[nH]c3ccccc23)NC(=O)[C@@H]2C[C@H](n3cc(-c4ccc(-c5cccs5)s4)nn3)CN2C(=O)[C@H](C2CCCCC2)NC1=O. The lowest BCUT2D eigenvalue weighted by atomic mass is 9.83. The Bertz CT molecular complexity index is 2600. The molecule has 1 aromatic carbocycles. The largest absolute Gasteiger partial charge is 0.370 e. The van der Waals surface area contributed by atoms with Crippen molar-refractivity contribution in [1.82, 2.24) is 51.5 Å². The Labute approximate surface area is 400 Å². The van der Waals surface area contributed by atoms with E-state index in [0.29, 0.717) is 50.9 Å². The van der Waals surface area contributed by atoms with Gasteiger partial charge in [0.1, 0.15) is 29.9 Å². The van der Waals surface area contributed by atoms with Gasteiger partial charge in [-0.25, -0.2) is 4.68 Å². The number of aromatic amines is 1. The van der Waals surface area contributed by atoms with Gasteiger partial charge in [0.15, 0.2) is 0 Å². The van der Waals surface area contributed by atoms with E-state index in [1.54, 1.807) is 33.6 Å². The summed E-state index contributed by atoms with van der Waals surface area (Å²) in [5, 5.41) is 26.0. The molecule has 1 saturated carbocycles. The number of nitrogens with one attached hydrogen (secondary N) is 6. The fourth-order valence-electron chi connectivity index (χ4n) is 9.41. The second-order valence-electron chi connectivity index (χ2n) is 17.9. The van der Waals surface area contributed by atoms with Crippen LogP contribution in [0.4, 0.5) is 0 Å². The number of thiophene rings is 2. The van der Waals surface area contributed by atoms with Crippen molar-refractivity contribution in [2.75, 3.05) is 19.6 Å². The fourth-order valence-corrected chi connectivity index (χ4v) is 11.2. The van der Waals surface area contributed by atoms with Crippen LogP contribution < -0.4 is 38.1 Å². The molecule has 68 heavy (non-hydrogen) atoms. The number of fused-ring (bicyclic) bond motifs is 2. The molecule has 0 bridgehead atoms. The summed E-state index contributed by atoms with van der Waals surface area (Å²) in [6.07, 6.45) is 8.38. The highest BCUT2D eigenvalue weighted by Crippen LogP contribution is 2.37. The molecule has 2 aliphatic heterocycles. The van der Waals surface area contributed by atoms with Crippen LogP contribution in [0.1, 0.15) is 82.2 Å². The molecule has 1 aliphatic carbocycles. The van der Waals surface area contributed by atoms with Crippen LogP contribution in [0.25, 0.3) is 31.2 Å². The molecule has 21 heteroatoms. The minimum atomic E-state index is -1.52. The van der Waals surface area contributed by atoms with Crippen LogP contribution in [0.5, 0.6) is 0 Å². The maximum absolute atomic E-state index is 15.3. The Morgan fingerprint density at radius 3 is 2.31 bits per heavy atom. The van der Waals surface area contributed by atoms with E-state index in [4.69, 9.17) is 11.5 Å². The molecular weight excluding hydrogens is 909 g/mol. The van der Waals surface area contributed by atoms with E-state index in [0.717, 1.165) is 50.4 Å². The van der Waals surface area contributed by atoms with Crippen LogP contribution in [-0.2, 0) is 40.0 Å². The number of carbonyl (C=O) groups excluding carboxylic acids is 7. The smallest absolute Gasteiger partial charge is 0.246 e. The third-order valence-electron chi connectivity index (χ3n) is 13.0. The van der Waals surface area contributed by atoms with Crippen molar-refractivity contribution in [3.8, 4) is 20.3 Å². The zero-order chi connectivity index (χ0) is 47.7. The molecule has 10 N–H and O–H groups in total. The topological polar surface area (TPSA) is 281 Å². The Morgan fingerprint density at radius 1 is 0.779 bits per heavy atom. The lowest BCUT2D eigenvalue weighted by Crippen LogP contribution is -2.61. The lowest BCUT2D eigenvalue weighted by Gasteiger charge is -2.35. The molecule has 6 heterocycles. The highest BCUT2D eigenvalue weighted by atomic mass is 32.1. The van der Waals surface area contributed by atoms with Gasteiger partial charge in [0.05, 0.1) is 36.0 Å². The third kappa shape index (κ3) is 11.6. The second-order valence-corrected chi connectivity index (χ2v) is 19.9. The number of rotatable bonds is 8. The normalized spacial score (nSPS) is 24.7. The molecule has 3 aliphatic rings. The minimum Gasteiger partial charge on any atom is -0.370 e. The van der Waals surface area contributed by atoms with E-state index in [1.165, 1.54) is 4.90 Å². The molecular formula is C47H58N12O7S2. The standard InChI is InChI=1S/C47H58N12O7S2/c48-31-22-41(61)50-17-7-2-8-18-51-44(63)33(20-28-24-52-32-13-6-5-12-30(28)32)54-46(65)36-21-29(59-26-35(56-57-59)37-15-16-39(68-37)38-14-9-19-67-38)25-58(36)47(66)42(27-10-3-1-4-11-27)55-45(64)34(23-40(49)60)53-43(31)62/h5-6,9,12-16,19,24,26-27,29,31,33-34,36,42,52H,1-4,7-8,10-11,17-18,20-23,25,48H2,(H2,49,60)(H,50,61)(H,51,63)(H,53,62)(H,54,65)(H,55,64)/t29-,31-,33-,34-,36-,42-/m0/s1. The number of nitrogens with two attached hydrogens (primary N) is 2. The summed E-state index contributed by atoms with van der Waals surface area (Å²) in [6.45, 7) is 0.613. The highest BCUT2D eigenvalue weighted by Gasteiger charge is 2.46. The first-order chi connectivity index (χ1) is 32.9. The van der Waals surface area contributed by atoms with E-state index in [-0.39, 0.29) is 31.7 Å². The number of nitrogens with zero attached hydrogens (tertiary/aromatic N) is 4. The monoisotopic (exact) mass is 966 g/mol. The molecule has 7 amide bonds. The average Bonchev–Trinajstić information content (AvgIpc) is 4.20. The predicted octanol–water partition coefficient (Wildman–Crippen LogP) is 2.64. The molecule has 19 nitrogen and oxygen atoms in total.